The summed E-state index contributed by atoms with van der Waals surface area (Å²) in [7, 11) is 0. The lowest BCUT2D eigenvalue weighted by Crippen LogP contribution is -2.65. The maximum atomic E-state index is 13.9. The minimum absolute atomic E-state index is 0.0811. The molecule has 10 nitrogen and oxygen atoms in total. The molecule has 10 heteroatoms. The second-order valence-electron chi connectivity index (χ2n) is 11.5. The summed E-state index contributed by atoms with van der Waals surface area (Å²) in [6, 6.07) is 6.86. The van der Waals surface area contributed by atoms with E-state index in [0.717, 1.165) is 5.56 Å². The summed E-state index contributed by atoms with van der Waals surface area (Å²) < 4.78 is 0. The van der Waals surface area contributed by atoms with Gasteiger partial charge in [0.25, 0.3) is 0 Å². The number of nitrogens with one attached hydrogen (secondary N) is 3. The molecule has 2 saturated heterocycles. The van der Waals surface area contributed by atoms with Crippen LogP contribution in [0.4, 0.5) is 0 Å². The smallest absolute Gasteiger partial charge is 0.246 e. The third-order valence-electron chi connectivity index (χ3n) is 8.10. The number of rotatable bonds is 10. The van der Waals surface area contributed by atoms with Gasteiger partial charge in [-0.25, -0.2) is 0 Å². The average molecular weight is 557 g/mol. The molecular formula is C30H44N4O6. The van der Waals surface area contributed by atoms with Crippen molar-refractivity contribution in [3.05, 3.63) is 35.9 Å². The van der Waals surface area contributed by atoms with Crippen LogP contribution in [0.15, 0.2) is 30.3 Å². The number of fused-ring (bicyclic) bond motifs is 1. The molecule has 0 radical (unpaired) electrons. The highest BCUT2D eigenvalue weighted by molar-refractivity contribution is 5.99. The first-order chi connectivity index (χ1) is 18.9. The van der Waals surface area contributed by atoms with Crippen LogP contribution in [0.1, 0.15) is 78.2 Å². The van der Waals surface area contributed by atoms with Crippen LogP contribution in [0.5, 0.6) is 0 Å². The van der Waals surface area contributed by atoms with Crippen molar-refractivity contribution in [3.8, 4) is 0 Å². The van der Waals surface area contributed by atoms with E-state index in [4.69, 9.17) is 0 Å². The Hall–Kier alpha value is -3.27. The molecule has 4 amide bonds. The standard InChI is InChI=1S/C30H44N4O6/c1-5-30(4)29(40)32-23(17-21-12-8-6-9-13-21)28(39)34-18-19(2)16-24(34)27(38)31-22(26(37)33-30)14-10-7-11-15-25(36)20(3)35/h6,8-9,12-13,19-20,22-24,35H,5,7,10-11,14-18H2,1-4H3,(H,31,38)(H,32,40)(H,33,37)/t19-,20+,22-,23-,24+,30-/m0/s1. The molecule has 3 rings (SSSR count). The van der Waals surface area contributed by atoms with Crippen molar-refractivity contribution in [2.75, 3.05) is 6.54 Å². The molecule has 0 spiro atoms. The lowest BCUT2D eigenvalue weighted by Gasteiger charge is -2.36. The minimum Gasteiger partial charge on any atom is -0.386 e. The van der Waals surface area contributed by atoms with Crippen molar-refractivity contribution in [3.63, 3.8) is 0 Å². The molecule has 2 heterocycles. The van der Waals surface area contributed by atoms with E-state index in [1.54, 1.807) is 18.7 Å². The fourth-order valence-corrected chi connectivity index (χ4v) is 5.34. The minimum atomic E-state index is -1.30. The van der Waals surface area contributed by atoms with Crippen molar-refractivity contribution in [2.45, 2.75) is 109 Å². The Morgan fingerprint density at radius 1 is 1.05 bits per heavy atom. The molecule has 1 aromatic carbocycles. The summed E-state index contributed by atoms with van der Waals surface area (Å²) >= 11 is 0. The highest BCUT2D eigenvalue weighted by Crippen LogP contribution is 2.26. The number of carbonyl (C=O) groups excluding carboxylic acids is 5. The first kappa shape index (κ1) is 31.3. The second kappa shape index (κ2) is 13.9. The summed E-state index contributed by atoms with van der Waals surface area (Å²) in [4.78, 5) is 67.7. The molecule has 4 N–H and O–H groups in total. The predicted molar refractivity (Wildman–Crippen MR) is 150 cm³/mol. The van der Waals surface area contributed by atoms with Crippen molar-refractivity contribution >= 4 is 29.4 Å². The van der Waals surface area contributed by atoms with Gasteiger partial charge in [0.1, 0.15) is 29.8 Å². The highest BCUT2D eigenvalue weighted by Gasteiger charge is 2.44. The molecule has 40 heavy (non-hydrogen) atoms. The number of aliphatic hydroxyl groups excluding tert-OH is 1. The van der Waals surface area contributed by atoms with Gasteiger partial charge in [-0.15, -0.1) is 0 Å². The Kier molecular flexibility index (Phi) is 10.8. The van der Waals surface area contributed by atoms with E-state index < -0.39 is 41.6 Å². The van der Waals surface area contributed by atoms with Gasteiger partial charge in [-0.2, -0.15) is 0 Å². The molecule has 0 saturated carbocycles. The molecule has 6 atom stereocenters. The van der Waals surface area contributed by atoms with Crippen molar-refractivity contribution < 1.29 is 29.1 Å². The molecular weight excluding hydrogens is 512 g/mol. The monoisotopic (exact) mass is 556 g/mol. The van der Waals surface area contributed by atoms with Gasteiger partial charge in [0.05, 0.1) is 0 Å². The Labute approximate surface area is 236 Å². The first-order valence-corrected chi connectivity index (χ1v) is 14.4. The topological polar surface area (TPSA) is 145 Å². The van der Waals surface area contributed by atoms with Gasteiger partial charge >= 0.3 is 0 Å². The van der Waals surface area contributed by atoms with Crippen molar-refractivity contribution in [2.24, 2.45) is 5.92 Å². The Balaban J connectivity index is 1.84. The number of benzene rings is 1. The van der Waals surface area contributed by atoms with Crippen LogP contribution in [-0.4, -0.2) is 75.7 Å². The van der Waals surface area contributed by atoms with E-state index in [2.05, 4.69) is 16.0 Å². The summed E-state index contributed by atoms with van der Waals surface area (Å²) in [6.07, 6.45) is 2.32. The first-order valence-electron chi connectivity index (χ1n) is 14.4. The number of hydrogen-bond donors (Lipinski definition) is 4. The van der Waals surface area contributed by atoms with Gasteiger partial charge in [-0.05, 0) is 51.0 Å². The number of hydrogen-bond acceptors (Lipinski definition) is 6. The molecule has 1 aromatic rings. The largest absolute Gasteiger partial charge is 0.386 e. The summed E-state index contributed by atoms with van der Waals surface area (Å²) in [6.45, 7) is 7.21. The number of Topliss-reactive ketones (excluding diaryl/α,β-unsaturated/α-hetero) is 1. The predicted octanol–water partition coefficient (Wildman–Crippen LogP) is 1.63. The van der Waals surface area contributed by atoms with Gasteiger partial charge in [0.2, 0.25) is 23.6 Å². The third-order valence-corrected chi connectivity index (χ3v) is 8.10. The van der Waals surface area contributed by atoms with Crippen LogP contribution in [0, 0.1) is 5.92 Å². The van der Waals surface area contributed by atoms with Crippen LogP contribution >= 0.6 is 0 Å². The zero-order chi connectivity index (χ0) is 29.4. The number of ketones is 1. The fraction of sp³-hybridized carbons (Fsp3) is 0.633. The molecule has 0 aromatic heterocycles. The Morgan fingerprint density at radius 3 is 2.40 bits per heavy atom. The summed E-state index contributed by atoms with van der Waals surface area (Å²) in [5.74, 6) is -1.76. The number of amides is 4. The van der Waals surface area contributed by atoms with Crippen molar-refractivity contribution in [1.29, 1.82) is 0 Å². The number of nitrogens with zero attached hydrogens (tertiary/aromatic N) is 1. The van der Waals surface area contributed by atoms with Gasteiger partial charge in [-0.3, -0.25) is 24.0 Å². The highest BCUT2D eigenvalue weighted by atomic mass is 16.3. The van der Waals surface area contributed by atoms with Crippen LogP contribution in [0.3, 0.4) is 0 Å². The van der Waals surface area contributed by atoms with Crippen molar-refractivity contribution in [1.82, 2.24) is 20.9 Å². The summed E-state index contributed by atoms with van der Waals surface area (Å²) in [5.41, 5.74) is -0.422. The van der Waals surface area contributed by atoms with E-state index in [1.165, 1.54) is 6.92 Å². The number of aliphatic hydroxyl groups is 1. The Morgan fingerprint density at radius 2 is 1.75 bits per heavy atom. The van der Waals surface area contributed by atoms with Gasteiger partial charge in [-0.1, -0.05) is 57.0 Å². The van der Waals surface area contributed by atoms with Crippen LogP contribution in [0.25, 0.3) is 0 Å². The van der Waals surface area contributed by atoms with E-state index in [-0.39, 0.29) is 42.8 Å². The van der Waals surface area contributed by atoms with Crippen LogP contribution in [0.2, 0.25) is 0 Å². The van der Waals surface area contributed by atoms with Crippen LogP contribution < -0.4 is 16.0 Å². The SMILES string of the molecule is CC[C@]1(C)NC(=O)[C@H](CCCCCC(=O)[C@@H](C)O)NC(=O)[C@H]2C[C@H](C)CN2C(=O)[C@H](Cc2ccccc2)NC1=O. The molecule has 0 unspecified atom stereocenters. The van der Waals surface area contributed by atoms with E-state index >= 15 is 0 Å². The van der Waals surface area contributed by atoms with E-state index in [1.807, 2.05) is 37.3 Å². The fourth-order valence-electron chi connectivity index (χ4n) is 5.34. The molecule has 2 fully saturated rings. The normalized spacial score (nSPS) is 28.5. The van der Waals surface area contributed by atoms with E-state index in [0.29, 0.717) is 38.6 Å². The van der Waals surface area contributed by atoms with Gasteiger partial charge in [0, 0.05) is 19.4 Å². The lowest BCUT2D eigenvalue weighted by atomic mass is 9.94. The molecule has 0 bridgehead atoms. The quantitative estimate of drug-likeness (QED) is 0.323. The molecule has 2 aliphatic heterocycles. The molecule has 0 aliphatic carbocycles. The maximum absolute atomic E-state index is 13.9. The second-order valence-corrected chi connectivity index (χ2v) is 11.5. The average Bonchev–Trinajstić information content (AvgIpc) is 3.32. The zero-order valence-electron chi connectivity index (χ0n) is 24.1. The Bertz CT molecular complexity index is 1080. The summed E-state index contributed by atoms with van der Waals surface area (Å²) in [5, 5.41) is 18.0. The van der Waals surface area contributed by atoms with Gasteiger partial charge < -0.3 is 26.0 Å². The van der Waals surface area contributed by atoms with E-state index in [9.17, 15) is 29.1 Å². The zero-order valence-corrected chi connectivity index (χ0v) is 24.1. The lowest BCUT2D eigenvalue weighted by molar-refractivity contribution is -0.144. The van der Waals surface area contributed by atoms with Crippen LogP contribution in [-0.2, 0) is 30.4 Å². The number of carbonyl (C=O) groups is 5. The molecule has 2 aliphatic rings. The van der Waals surface area contributed by atoms with Gasteiger partial charge in [0.15, 0.2) is 5.78 Å². The maximum Gasteiger partial charge on any atom is 0.246 e. The third kappa shape index (κ3) is 7.90. The number of unbranched alkanes of at least 4 members (excludes halogenated alkanes) is 2. The molecule has 220 valence electrons.